The Morgan fingerprint density at radius 3 is 2.41 bits per heavy atom. The number of hydrogen-bond acceptors (Lipinski definition) is 2. The van der Waals surface area contributed by atoms with E-state index >= 15 is 0 Å². The minimum atomic E-state index is -0.834. The highest BCUT2D eigenvalue weighted by atomic mass is 16.4. The van der Waals surface area contributed by atoms with Crippen LogP contribution in [0.1, 0.15) is 39.5 Å². The zero-order valence-corrected chi connectivity index (χ0v) is 10.6. The van der Waals surface area contributed by atoms with Gasteiger partial charge in [-0.15, -0.1) is 0 Å². The van der Waals surface area contributed by atoms with Crippen LogP contribution in [0.15, 0.2) is 0 Å². The summed E-state index contributed by atoms with van der Waals surface area (Å²) in [5.74, 6) is 0.776. The van der Waals surface area contributed by atoms with Crippen LogP contribution in [0.25, 0.3) is 0 Å². The second-order valence-corrected chi connectivity index (χ2v) is 5.36. The molecule has 0 heterocycles. The van der Waals surface area contributed by atoms with E-state index in [1.165, 1.54) is 19.3 Å². The smallest absolute Gasteiger partial charge is 0.305 e. The Balaban J connectivity index is 1.94. The SMILES string of the molecule is CCN(C(=O)C1C2CCCC21)C(C)CC(=O)O. The Bertz CT molecular complexity index is 319. The van der Waals surface area contributed by atoms with Gasteiger partial charge in [-0.05, 0) is 38.5 Å². The Morgan fingerprint density at radius 2 is 1.94 bits per heavy atom. The maximum Gasteiger partial charge on any atom is 0.305 e. The number of aliphatic carboxylic acids is 1. The van der Waals surface area contributed by atoms with Gasteiger partial charge in [0.2, 0.25) is 5.91 Å². The molecule has 96 valence electrons. The van der Waals surface area contributed by atoms with Crippen molar-refractivity contribution < 1.29 is 14.7 Å². The lowest BCUT2D eigenvalue weighted by Crippen LogP contribution is -2.41. The van der Waals surface area contributed by atoms with Crippen LogP contribution < -0.4 is 0 Å². The molecule has 0 aromatic rings. The maximum absolute atomic E-state index is 12.3. The van der Waals surface area contributed by atoms with Gasteiger partial charge in [0.15, 0.2) is 0 Å². The highest BCUT2D eigenvalue weighted by Crippen LogP contribution is 2.58. The second-order valence-electron chi connectivity index (χ2n) is 5.36. The summed E-state index contributed by atoms with van der Waals surface area (Å²) in [4.78, 5) is 24.7. The molecular weight excluding hydrogens is 218 g/mol. The molecule has 2 rings (SSSR count). The van der Waals surface area contributed by atoms with E-state index in [4.69, 9.17) is 5.11 Å². The molecule has 1 amide bonds. The zero-order chi connectivity index (χ0) is 12.6. The van der Waals surface area contributed by atoms with Crippen LogP contribution in [0.4, 0.5) is 0 Å². The van der Waals surface area contributed by atoms with Crippen molar-refractivity contribution in [3.8, 4) is 0 Å². The van der Waals surface area contributed by atoms with E-state index in [9.17, 15) is 9.59 Å². The monoisotopic (exact) mass is 239 g/mol. The van der Waals surface area contributed by atoms with Crippen LogP contribution in [-0.2, 0) is 9.59 Å². The Kier molecular flexibility index (Phi) is 3.40. The molecule has 4 nitrogen and oxygen atoms in total. The first-order valence-corrected chi connectivity index (χ1v) is 6.58. The molecular formula is C13H21NO3. The molecule has 2 saturated carbocycles. The predicted octanol–water partition coefficient (Wildman–Crippen LogP) is 1.74. The molecule has 0 spiro atoms. The lowest BCUT2D eigenvalue weighted by molar-refractivity contribution is -0.141. The van der Waals surface area contributed by atoms with Crippen LogP contribution in [0.2, 0.25) is 0 Å². The van der Waals surface area contributed by atoms with E-state index in [0.29, 0.717) is 18.4 Å². The van der Waals surface area contributed by atoms with E-state index in [1.54, 1.807) is 4.90 Å². The van der Waals surface area contributed by atoms with E-state index in [-0.39, 0.29) is 24.3 Å². The zero-order valence-electron chi connectivity index (χ0n) is 10.6. The van der Waals surface area contributed by atoms with Crippen molar-refractivity contribution in [1.29, 1.82) is 0 Å². The predicted molar refractivity (Wildman–Crippen MR) is 63.4 cm³/mol. The van der Waals surface area contributed by atoms with Gasteiger partial charge in [-0.1, -0.05) is 6.42 Å². The molecule has 0 aromatic heterocycles. The molecule has 0 saturated heterocycles. The van der Waals surface area contributed by atoms with E-state index < -0.39 is 5.97 Å². The minimum Gasteiger partial charge on any atom is -0.481 e. The van der Waals surface area contributed by atoms with E-state index in [0.717, 1.165) is 0 Å². The molecule has 17 heavy (non-hydrogen) atoms. The van der Waals surface area contributed by atoms with Gasteiger partial charge in [0.05, 0.1) is 6.42 Å². The fraction of sp³-hybridized carbons (Fsp3) is 0.846. The van der Waals surface area contributed by atoms with Crippen molar-refractivity contribution in [2.45, 2.75) is 45.6 Å². The number of carboxylic acids is 1. The van der Waals surface area contributed by atoms with Crippen molar-refractivity contribution in [1.82, 2.24) is 4.90 Å². The lowest BCUT2D eigenvalue weighted by atomic mass is 10.1. The summed E-state index contributed by atoms with van der Waals surface area (Å²) in [5, 5.41) is 8.79. The van der Waals surface area contributed by atoms with E-state index in [2.05, 4.69) is 0 Å². The van der Waals surface area contributed by atoms with Crippen molar-refractivity contribution in [2.24, 2.45) is 17.8 Å². The van der Waals surface area contributed by atoms with E-state index in [1.807, 2.05) is 13.8 Å². The largest absolute Gasteiger partial charge is 0.481 e. The standard InChI is InChI=1S/C13H21NO3/c1-3-14(8(2)7-11(15)16)13(17)12-9-5-4-6-10(9)12/h8-10,12H,3-7H2,1-2H3,(H,15,16). The summed E-state index contributed by atoms with van der Waals surface area (Å²) in [7, 11) is 0. The first-order chi connectivity index (χ1) is 8.06. The molecule has 2 aliphatic rings. The van der Waals surface area contributed by atoms with Gasteiger partial charge in [0.25, 0.3) is 0 Å². The molecule has 0 radical (unpaired) electrons. The Labute approximate surface area is 102 Å². The fourth-order valence-electron chi connectivity index (χ4n) is 3.43. The van der Waals surface area contributed by atoms with Gasteiger partial charge in [0.1, 0.15) is 0 Å². The number of nitrogens with zero attached hydrogens (tertiary/aromatic N) is 1. The van der Waals surface area contributed by atoms with Crippen LogP contribution in [0.3, 0.4) is 0 Å². The average molecular weight is 239 g/mol. The normalized spacial score (nSPS) is 31.8. The molecule has 1 N–H and O–H groups in total. The molecule has 0 bridgehead atoms. The molecule has 0 aromatic carbocycles. The molecule has 3 unspecified atom stereocenters. The summed E-state index contributed by atoms with van der Waals surface area (Å²) in [6.07, 6.45) is 3.68. The first kappa shape index (κ1) is 12.4. The number of carbonyl (C=O) groups excluding carboxylic acids is 1. The number of carbonyl (C=O) groups is 2. The summed E-state index contributed by atoms with van der Waals surface area (Å²) in [6.45, 7) is 4.37. The third kappa shape index (κ3) is 2.31. The van der Waals surface area contributed by atoms with Gasteiger partial charge >= 0.3 is 5.97 Å². The fourth-order valence-corrected chi connectivity index (χ4v) is 3.43. The Morgan fingerprint density at radius 1 is 1.35 bits per heavy atom. The van der Waals surface area contributed by atoms with Gasteiger partial charge in [-0.2, -0.15) is 0 Å². The van der Waals surface area contributed by atoms with Crippen molar-refractivity contribution >= 4 is 11.9 Å². The summed E-state index contributed by atoms with van der Waals surface area (Å²) in [6, 6.07) is -0.189. The summed E-state index contributed by atoms with van der Waals surface area (Å²) < 4.78 is 0. The molecule has 4 heteroatoms. The van der Waals surface area contributed by atoms with Gasteiger partial charge < -0.3 is 10.0 Å². The molecule has 0 aliphatic heterocycles. The van der Waals surface area contributed by atoms with Crippen molar-refractivity contribution in [3.05, 3.63) is 0 Å². The number of amides is 1. The van der Waals surface area contributed by atoms with Gasteiger partial charge in [-0.3, -0.25) is 9.59 Å². The van der Waals surface area contributed by atoms with Crippen LogP contribution in [-0.4, -0.2) is 34.5 Å². The van der Waals surface area contributed by atoms with Crippen LogP contribution >= 0.6 is 0 Å². The first-order valence-electron chi connectivity index (χ1n) is 6.58. The summed E-state index contributed by atoms with van der Waals surface area (Å²) in [5.41, 5.74) is 0. The number of rotatable bonds is 5. The maximum atomic E-state index is 12.3. The highest BCUT2D eigenvalue weighted by molar-refractivity contribution is 5.83. The van der Waals surface area contributed by atoms with Crippen LogP contribution in [0, 0.1) is 17.8 Å². The molecule has 3 atom stereocenters. The number of hydrogen-bond donors (Lipinski definition) is 1. The van der Waals surface area contributed by atoms with Gasteiger partial charge in [0, 0.05) is 18.5 Å². The lowest BCUT2D eigenvalue weighted by Gasteiger charge is -2.27. The van der Waals surface area contributed by atoms with Crippen molar-refractivity contribution in [3.63, 3.8) is 0 Å². The molecule has 2 aliphatic carbocycles. The average Bonchev–Trinajstić information content (AvgIpc) is 2.72. The quantitative estimate of drug-likeness (QED) is 0.795. The van der Waals surface area contributed by atoms with Crippen LogP contribution in [0.5, 0.6) is 0 Å². The second kappa shape index (κ2) is 4.67. The topological polar surface area (TPSA) is 57.6 Å². The highest BCUT2D eigenvalue weighted by Gasteiger charge is 2.57. The Hall–Kier alpha value is -1.06. The minimum absolute atomic E-state index is 0.0433. The van der Waals surface area contributed by atoms with Crippen molar-refractivity contribution in [2.75, 3.05) is 6.54 Å². The number of carboxylic acid groups (broad SMARTS) is 1. The number of fused-ring (bicyclic) bond motifs is 1. The summed E-state index contributed by atoms with van der Waals surface area (Å²) >= 11 is 0. The van der Waals surface area contributed by atoms with Gasteiger partial charge in [-0.25, -0.2) is 0 Å². The third-order valence-electron chi connectivity index (χ3n) is 4.32. The third-order valence-corrected chi connectivity index (χ3v) is 4.32. The molecule has 2 fully saturated rings.